The Balaban J connectivity index is 3.19. The zero-order valence-electron chi connectivity index (χ0n) is 9.81. The molecule has 1 heterocycles. The Hall–Kier alpha value is -0.590. The molecule has 0 radical (unpaired) electrons. The highest BCUT2D eigenvalue weighted by atomic mass is 35.5. The van der Waals surface area contributed by atoms with Gasteiger partial charge < -0.3 is 0 Å². The third-order valence-corrected chi connectivity index (χ3v) is 5.38. The van der Waals surface area contributed by atoms with E-state index in [1.165, 1.54) is 28.3 Å². The van der Waals surface area contributed by atoms with Crippen LogP contribution in [0.5, 0.6) is 0 Å². The standard InChI is InChI=1S/C9H16ClN3O2S/c1-9(2,7-10)13(4)16(14,15)8-5-6-11-12(8)3/h5-6H,7H2,1-4H3. The minimum absolute atomic E-state index is 0.160. The topological polar surface area (TPSA) is 55.2 Å². The highest BCUT2D eigenvalue weighted by Gasteiger charge is 2.34. The minimum atomic E-state index is -3.55. The highest BCUT2D eigenvalue weighted by molar-refractivity contribution is 7.89. The van der Waals surface area contributed by atoms with Crippen LogP contribution in [0, 0.1) is 0 Å². The van der Waals surface area contributed by atoms with Gasteiger partial charge in [0.2, 0.25) is 0 Å². The van der Waals surface area contributed by atoms with Crippen molar-refractivity contribution in [1.82, 2.24) is 14.1 Å². The first-order chi connectivity index (χ1) is 7.23. The number of alkyl halides is 1. The first-order valence-corrected chi connectivity index (χ1v) is 6.74. The maximum atomic E-state index is 12.2. The molecule has 0 fully saturated rings. The number of rotatable bonds is 4. The lowest BCUT2D eigenvalue weighted by Gasteiger charge is -2.32. The Morgan fingerprint density at radius 2 is 2.12 bits per heavy atom. The van der Waals surface area contributed by atoms with Crippen molar-refractivity contribution in [3.8, 4) is 0 Å². The van der Waals surface area contributed by atoms with E-state index in [0.717, 1.165) is 0 Å². The van der Waals surface area contributed by atoms with Gasteiger partial charge >= 0.3 is 0 Å². The number of hydrogen-bond donors (Lipinski definition) is 0. The number of sulfonamides is 1. The fraction of sp³-hybridized carbons (Fsp3) is 0.667. The third-order valence-electron chi connectivity index (χ3n) is 2.58. The van der Waals surface area contributed by atoms with Crippen molar-refractivity contribution in [3.63, 3.8) is 0 Å². The van der Waals surface area contributed by atoms with Gasteiger partial charge in [-0.2, -0.15) is 9.40 Å². The molecule has 0 bridgehead atoms. The van der Waals surface area contributed by atoms with Crippen LogP contribution in [0.1, 0.15) is 13.8 Å². The first-order valence-electron chi connectivity index (χ1n) is 4.76. The normalized spacial score (nSPS) is 13.4. The van der Waals surface area contributed by atoms with Crippen molar-refractivity contribution < 1.29 is 8.42 Å². The van der Waals surface area contributed by atoms with E-state index in [-0.39, 0.29) is 10.9 Å². The lowest BCUT2D eigenvalue weighted by Crippen LogP contribution is -2.46. The van der Waals surface area contributed by atoms with E-state index in [2.05, 4.69) is 5.10 Å². The largest absolute Gasteiger partial charge is 0.260 e. The van der Waals surface area contributed by atoms with Crippen molar-refractivity contribution >= 4 is 21.6 Å². The molecule has 0 amide bonds. The van der Waals surface area contributed by atoms with Crippen LogP contribution in [0.3, 0.4) is 0 Å². The van der Waals surface area contributed by atoms with Crippen molar-refractivity contribution in [2.45, 2.75) is 24.4 Å². The van der Waals surface area contributed by atoms with Crippen molar-refractivity contribution in [3.05, 3.63) is 12.3 Å². The van der Waals surface area contributed by atoms with Crippen LogP contribution in [0.25, 0.3) is 0 Å². The molecule has 0 unspecified atom stereocenters. The number of halogens is 1. The van der Waals surface area contributed by atoms with E-state index in [4.69, 9.17) is 11.6 Å². The number of hydrogen-bond acceptors (Lipinski definition) is 3. The molecule has 0 aliphatic heterocycles. The molecule has 16 heavy (non-hydrogen) atoms. The van der Waals surface area contributed by atoms with E-state index >= 15 is 0 Å². The molecule has 0 aliphatic rings. The van der Waals surface area contributed by atoms with E-state index in [9.17, 15) is 8.42 Å². The second-order valence-electron chi connectivity index (χ2n) is 4.21. The van der Waals surface area contributed by atoms with Crippen molar-refractivity contribution in [1.29, 1.82) is 0 Å². The van der Waals surface area contributed by atoms with Gasteiger partial charge in [-0.1, -0.05) is 0 Å². The molecule has 1 aromatic rings. The van der Waals surface area contributed by atoms with Gasteiger partial charge in [-0.3, -0.25) is 4.68 Å². The van der Waals surface area contributed by atoms with Crippen molar-refractivity contribution in [2.75, 3.05) is 12.9 Å². The SMILES string of the molecule is CN(C(C)(C)CCl)S(=O)(=O)c1ccnn1C. The summed E-state index contributed by atoms with van der Waals surface area (Å²) in [4.78, 5) is 0. The van der Waals surface area contributed by atoms with Gasteiger partial charge in [0, 0.05) is 25.5 Å². The smallest absolute Gasteiger partial charge is 0.256 e. The van der Waals surface area contributed by atoms with Crippen LogP contribution in [0.2, 0.25) is 0 Å². The zero-order chi connectivity index (χ0) is 12.6. The highest BCUT2D eigenvalue weighted by Crippen LogP contribution is 2.23. The summed E-state index contributed by atoms with van der Waals surface area (Å²) in [6, 6.07) is 1.47. The molecule has 0 spiro atoms. The summed E-state index contributed by atoms with van der Waals surface area (Å²) in [5.41, 5.74) is -0.634. The predicted molar refractivity (Wildman–Crippen MR) is 63.0 cm³/mol. The Bertz CT molecular complexity index is 467. The Morgan fingerprint density at radius 1 is 1.56 bits per heavy atom. The molecule has 0 atom stereocenters. The molecule has 7 heteroatoms. The molecule has 0 aliphatic carbocycles. The summed E-state index contributed by atoms with van der Waals surface area (Å²) in [7, 11) is -0.437. The van der Waals surface area contributed by atoms with Gasteiger partial charge in [0.1, 0.15) is 0 Å². The lowest BCUT2D eigenvalue weighted by molar-refractivity contribution is 0.293. The van der Waals surface area contributed by atoms with Gasteiger partial charge in [0.25, 0.3) is 10.0 Å². The molecule has 0 saturated carbocycles. The number of nitrogens with zero attached hydrogens (tertiary/aromatic N) is 3. The van der Waals surface area contributed by atoms with Gasteiger partial charge in [-0.15, -0.1) is 11.6 Å². The minimum Gasteiger partial charge on any atom is -0.256 e. The average Bonchev–Trinajstić information content (AvgIpc) is 2.63. The van der Waals surface area contributed by atoms with Crippen LogP contribution in [-0.2, 0) is 17.1 Å². The van der Waals surface area contributed by atoms with Crippen molar-refractivity contribution in [2.24, 2.45) is 7.05 Å². The molecular weight excluding hydrogens is 250 g/mol. The van der Waals surface area contributed by atoms with Crippen LogP contribution in [0.4, 0.5) is 0 Å². The van der Waals surface area contributed by atoms with E-state index in [1.54, 1.807) is 20.9 Å². The molecule has 5 nitrogen and oxygen atoms in total. The Labute approximate surface area is 101 Å². The predicted octanol–water partition coefficient (Wildman–Crippen LogP) is 1.06. The molecule has 0 saturated heterocycles. The van der Waals surface area contributed by atoms with E-state index in [1.807, 2.05) is 0 Å². The third kappa shape index (κ3) is 2.23. The quantitative estimate of drug-likeness (QED) is 0.765. The summed E-state index contributed by atoms with van der Waals surface area (Å²) in [6.45, 7) is 3.54. The lowest BCUT2D eigenvalue weighted by atomic mass is 10.1. The summed E-state index contributed by atoms with van der Waals surface area (Å²) in [6.07, 6.45) is 1.45. The molecule has 92 valence electrons. The van der Waals surface area contributed by atoms with E-state index in [0.29, 0.717) is 0 Å². The number of aromatic nitrogens is 2. The van der Waals surface area contributed by atoms with Gasteiger partial charge in [0.15, 0.2) is 5.03 Å². The van der Waals surface area contributed by atoms with Crippen LogP contribution in [-0.4, -0.2) is 41.0 Å². The summed E-state index contributed by atoms with van der Waals surface area (Å²) >= 11 is 5.77. The molecule has 0 aromatic carbocycles. The summed E-state index contributed by atoms with van der Waals surface area (Å²) < 4.78 is 27.0. The fourth-order valence-electron chi connectivity index (χ4n) is 1.16. The monoisotopic (exact) mass is 265 g/mol. The van der Waals surface area contributed by atoms with Gasteiger partial charge in [-0.25, -0.2) is 8.42 Å². The maximum absolute atomic E-state index is 12.2. The second-order valence-corrected chi connectivity index (χ2v) is 6.40. The van der Waals surface area contributed by atoms with Crippen LogP contribution >= 0.6 is 11.6 Å². The van der Waals surface area contributed by atoms with Gasteiger partial charge in [-0.05, 0) is 19.9 Å². The molecule has 0 N–H and O–H groups in total. The average molecular weight is 266 g/mol. The Morgan fingerprint density at radius 3 is 2.50 bits per heavy atom. The number of aryl methyl sites for hydroxylation is 1. The fourth-order valence-corrected chi connectivity index (χ4v) is 3.02. The van der Waals surface area contributed by atoms with Gasteiger partial charge in [0.05, 0.1) is 6.20 Å². The molecule has 1 aromatic heterocycles. The molecular formula is C9H16ClN3O2S. The van der Waals surface area contributed by atoms with Crippen LogP contribution in [0.15, 0.2) is 17.3 Å². The summed E-state index contributed by atoms with van der Waals surface area (Å²) in [5.74, 6) is 0.223. The molecule has 1 rings (SSSR count). The second kappa shape index (κ2) is 4.35. The van der Waals surface area contributed by atoms with E-state index < -0.39 is 15.6 Å². The maximum Gasteiger partial charge on any atom is 0.260 e. The van der Waals surface area contributed by atoms with Crippen LogP contribution < -0.4 is 0 Å². The first kappa shape index (κ1) is 13.5. The zero-order valence-corrected chi connectivity index (χ0v) is 11.4. The Kier molecular flexibility index (Phi) is 3.66. The summed E-state index contributed by atoms with van der Waals surface area (Å²) in [5, 5.41) is 4.01.